The van der Waals surface area contributed by atoms with Gasteiger partial charge >= 0.3 is 0 Å². The molecule has 1 saturated carbocycles. The minimum atomic E-state index is -0.418. The number of likely N-dealkylation sites (tertiary alicyclic amines) is 1. The van der Waals surface area contributed by atoms with Gasteiger partial charge in [0.2, 0.25) is 5.91 Å². The molecule has 1 aliphatic carbocycles. The van der Waals surface area contributed by atoms with Crippen molar-refractivity contribution in [3.8, 4) is 0 Å². The summed E-state index contributed by atoms with van der Waals surface area (Å²) in [5.74, 6) is -0.0210. The van der Waals surface area contributed by atoms with Gasteiger partial charge in [-0.1, -0.05) is 40.0 Å². The number of amides is 1. The molecule has 5 nitrogen and oxygen atoms in total. The Morgan fingerprint density at radius 2 is 1.83 bits per heavy atom. The van der Waals surface area contributed by atoms with Crippen LogP contribution in [0, 0.1) is 10.8 Å². The van der Waals surface area contributed by atoms with E-state index in [0.717, 1.165) is 19.4 Å². The van der Waals surface area contributed by atoms with Crippen LogP contribution in [0.4, 0.5) is 0 Å². The fourth-order valence-corrected chi connectivity index (χ4v) is 3.53. The van der Waals surface area contributed by atoms with E-state index in [9.17, 15) is 9.90 Å². The van der Waals surface area contributed by atoms with E-state index in [1.165, 1.54) is 38.2 Å². The van der Waals surface area contributed by atoms with Crippen molar-refractivity contribution in [3.05, 3.63) is 11.8 Å². The number of nitrogens with zero attached hydrogens (tertiary/aromatic N) is 1. The maximum Gasteiger partial charge on any atom is 0.242 e. The number of hydrogen-bond acceptors (Lipinski definition) is 4. The Kier molecular flexibility index (Phi) is 5.84. The smallest absolute Gasteiger partial charge is 0.242 e. The van der Waals surface area contributed by atoms with E-state index in [-0.39, 0.29) is 23.5 Å². The highest BCUT2D eigenvalue weighted by atomic mass is 16.3. The number of allylic oxidation sites excluding steroid dienone is 1. The Morgan fingerprint density at radius 1 is 1.17 bits per heavy atom. The van der Waals surface area contributed by atoms with Gasteiger partial charge in [-0.2, -0.15) is 0 Å². The van der Waals surface area contributed by atoms with Crippen molar-refractivity contribution >= 4 is 11.7 Å². The number of aliphatic hydroxyl groups excluding tert-OH is 1. The summed E-state index contributed by atoms with van der Waals surface area (Å²) in [4.78, 5) is 14.9. The molecule has 0 aromatic carbocycles. The molecule has 1 amide bonds. The van der Waals surface area contributed by atoms with E-state index >= 15 is 0 Å². The predicted octanol–water partition coefficient (Wildman–Crippen LogP) is 3.36. The third-order valence-corrected chi connectivity index (χ3v) is 4.95. The molecular weight excluding hydrogens is 290 g/mol. The summed E-state index contributed by atoms with van der Waals surface area (Å²) in [5.41, 5.74) is -0.418. The monoisotopic (exact) mass is 321 g/mol. The highest BCUT2D eigenvalue weighted by Crippen LogP contribution is 2.29. The Bertz CT molecular complexity index is 473. The summed E-state index contributed by atoms with van der Waals surface area (Å²) in [5, 5.41) is 20.5. The van der Waals surface area contributed by atoms with Crippen LogP contribution < -0.4 is 5.32 Å². The van der Waals surface area contributed by atoms with Gasteiger partial charge in [-0.3, -0.25) is 15.1 Å². The van der Waals surface area contributed by atoms with Gasteiger partial charge in [0.25, 0.3) is 0 Å². The van der Waals surface area contributed by atoms with Crippen molar-refractivity contribution in [3.63, 3.8) is 0 Å². The molecule has 1 saturated heterocycles. The van der Waals surface area contributed by atoms with E-state index in [4.69, 9.17) is 5.41 Å². The van der Waals surface area contributed by atoms with Crippen LogP contribution in [0.5, 0.6) is 0 Å². The van der Waals surface area contributed by atoms with Gasteiger partial charge in [0, 0.05) is 17.5 Å². The molecule has 0 radical (unpaired) electrons. The van der Waals surface area contributed by atoms with Crippen LogP contribution in [0.2, 0.25) is 0 Å². The Labute approximate surface area is 139 Å². The number of amidine groups is 1. The normalized spacial score (nSPS) is 24.7. The highest BCUT2D eigenvalue weighted by molar-refractivity contribution is 6.04. The fourth-order valence-electron chi connectivity index (χ4n) is 3.53. The summed E-state index contributed by atoms with van der Waals surface area (Å²) < 4.78 is 0. The van der Waals surface area contributed by atoms with Crippen LogP contribution >= 0.6 is 0 Å². The van der Waals surface area contributed by atoms with Gasteiger partial charge in [0.05, 0.1) is 6.04 Å². The van der Waals surface area contributed by atoms with Crippen molar-refractivity contribution in [1.29, 1.82) is 5.41 Å². The van der Waals surface area contributed by atoms with Crippen LogP contribution in [-0.4, -0.2) is 40.4 Å². The molecule has 3 N–H and O–H groups in total. The maximum absolute atomic E-state index is 12.5. The molecule has 2 rings (SSSR count). The topological polar surface area (TPSA) is 76.4 Å². The number of hydrogen-bond donors (Lipinski definition) is 3. The first-order valence-electron chi connectivity index (χ1n) is 8.85. The number of rotatable bonds is 3. The number of aliphatic hydroxyl groups is 1. The summed E-state index contributed by atoms with van der Waals surface area (Å²) in [7, 11) is 0. The number of carbonyl (C=O) groups is 1. The first-order chi connectivity index (χ1) is 10.8. The van der Waals surface area contributed by atoms with Crippen LogP contribution in [0.1, 0.15) is 65.7 Å². The van der Waals surface area contributed by atoms with Crippen LogP contribution in [0.15, 0.2) is 11.8 Å². The Morgan fingerprint density at radius 3 is 2.43 bits per heavy atom. The van der Waals surface area contributed by atoms with Crippen LogP contribution in [-0.2, 0) is 4.79 Å². The van der Waals surface area contributed by atoms with Crippen molar-refractivity contribution in [2.45, 2.75) is 77.8 Å². The van der Waals surface area contributed by atoms with Gasteiger partial charge < -0.3 is 10.4 Å². The lowest BCUT2D eigenvalue weighted by Gasteiger charge is -2.34. The van der Waals surface area contributed by atoms with Crippen molar-refractivity contribution in [1.82, 2.24) is 10.2 Å². The molecular formula is C18H31N3O2. The predicted molar refractivity (Wildman–Crippen MR) is 92.6 cm³/mol. The van der Waals surface area contributed by atoms with E-state index in [2.05, 4.69) is 10.2 Å². The molecule has 1 atom stereocenters. The van der Waals surface area contributed by atoms with Crippen molar-refractivity contribution < 1.29 is 9.90 Å². The zero-order valence-corrected chi connectivity index (χ0v) is 14.7. The summed E-state index contributed by atoms with van der Waals surface area (Å²) in [6, 6.07) is 0.401. The molecule has 23 heavy (non-hydrogen) atoms. The minimum Gasteiger partial charge on any atom is -0.512 e. The average Bonchev–Trinajstić information content (AvgIpc) is 2.96. The lowest BCUT2D eigenvalue weighted by Crippen LogP contribution is -2.49. The lowest BCUT2D eigenvalue weighted by molar-refractivity contribution is -0.125. The summed E-state index contributed by atoms with van der Waals surface area (Å²) in [6.45, 7) is 6.60. The Balaban J connectivity index is 1.95. The molecule has 0 unspecified atom stereocenters. The highest BCUT2D eigenvalue weighted by Gasteiger charge is 2.35. The Hall–Kier alpha value is -1.36. The first-order valence-corrected chi connectivity index (χ1v) is 8.85. The molecule has 1 heterocycles. The summed E-state index contributed by atoms with van der Waals surface area (Å²) >= 11 is 0. The lowest BCUT2D eigenvalue weighted by atomic mass is 9.93. The maximum atomic E-state index is 12.5. The standard InChI is InChI=1S/C18H31N3O2/c1-18(2,3)15(22)12-16(19)20-17(23)14-10-7-11-21(14)13-8-5-4-6-9-13/h12-14,22H,4-11H2,1-3H3,(H2,19,20,23)/b15-12-/t14-/m0/s1. The average molecular weight is 321 g/mol. The fraction of sp³-hybridized carbons (Fsp3) is 0.778. The van der Waals surface area contributed by atoms with Gasteiger partial charge in [-0.05, 0) is 32.2 Å². The SMILES string of the molecule is CC(C)(C)/C(O)=C/C(=N)NC(=O)[C@@H]1CCCN1C1CCCCC1. The zero-order valence-electron chi connectivity index (χ0n) is 14.7. The molecule has 130 valence electrons. The first kappa shape index (κ1) is 18.0. The van der Waals surface area contributed by atoms with E-state index in [1.54, 1.807) is 0 Å². The van der Waals surface area contributed by atoms with Crippen LogP contribution in [0.3, 0.4) is 0 Å². The molecule has 2 fully saturated rings. The largest absolute Gasteiger partial charge is 0.512 e. The van der Waals surface area contributed by atoms with E-state index in [1.807, 2.05) is 20.8 Å². The van der Waals surface area contributed by atoms with Crippen LogP contribution in [0.25, 0.3) is 0 Å². The zero-order chi connectivity index (χ0) is 17.0. The number of nitrogens with one attached hydrogen (secondary N) is 2. The van der Waals surface area contributed by atoms with Gasteiger partial charge in [0.1, 0.15) is 11.6 Å². The summed E-state index contributed by atoms with van der Waals surface area (Å²) in [6.07, 6.45) is 9.45. The molecule has 2 aliphatic rings. The third kappa shape index (κ3) is 4.80. The molecule has 1 aliphatic heterocycles. The van der Waals surface area contributed by atoms with Gasteiger partial charge in [-0.15, -0.1) is 0 Å². The number of carbonyl (C=O) groups excluding carboxylic acids is 1. The molecule has 0 aromatic heterocycles. The second-order valence-electron chi connectivity index (χ2n) is 7.87. The molecule has 0 spiro atoms. The molecule has 0 aromatic rings. The van der Waals surface area contributed by atoms with Gasteiger partial charge in [-0.25, -0.2) is 0 Å². The van der Waals surface area contributed by atoms with E-state index in [0.29, 0.717) is 6.04 Å². The second kappa shape index (κ2) is 7.47. The van der Waals surface area contributed by atoms with Crippen molar-refractivity contribution in [2.75, 3.05) is 6.54 Å². The quantitative estimate of drug-likeness (QED) is 0.424. The molecule has 0 bridgehead atoms. The third-order valence-electron chi connectivity index (χ3n) is 4.95. The van der Waals surface area contributed by atoms with Gasteiger partial charge in [0.15, 0.2) is 0 Å². The van der Waals surface area contributed by atoms with E-state index < -0.39 is 5.41 Å². The molecule has 5 heteroatoms. The minimum absolute atomic E-state index is 0.0297. The second-order valence-corrected chi connectivity index (χ2v) is 7.87. The van der Waals surface area contributed by atoms with Crippen molar-refractivity contribution in [2.24, 2.45) is 5.41 Å².